The van der Waals surface area contributed by atoms with Crippen molar-refractivity contribution >= 4 is 11.6 Å². The molecule has 0 bridgehead atoms. The first-order chi connectivity index (χ1) is 7.75. The van der Waals surface area contributed by atoms with Gasteiger partial charge in [0, 0.05) is 19.4 Å². The Hall–Kier alpha value is -2.17. The average Bonchev–Trinajstić information content (AvgIpc) is 2.80. The van der Waals surface area contributed by atoms with Gasteiger partial charge in [0.05, 0.1) is 17.6 Å². The fourth-order valence-corrected chi connectivity index (χ4v) is 1.99. The summed E-state index contributed by atoms with van der Waals surface area (Å²) in [5, 5.41) is 7.08. The highest BCUT2D eigenvalue weighted by Crippen LogP contribution is 2.35. The predicted molar refractivity (Wildman–Crippen MR) is 57.9 cm³/mol. The van der Waals surface area contributed by atoms with Crippen molar-refractivity contribution in [2.45, 2.75) is 5.92 Å². The van der Waals surface area contributed by atoms with Crippen LogP contribution in [0.2, 0.25) is 0 Å². The molecular weight excluding hydrogens is 204 g/mol. The number of hydrogen-bond donors (Lipinski definition) is 1. The highest BCUT2D eigenvalue weighted by atomic mass is 16.2. The van der Waals surface area contributed by atoms with Crippen LogP contribution in [-0.4, -0.2) is 20.7 Å². The molecule has 5 nitrogen and oxygen atoms in total. The number of fused-ring (bicyclic) bond motifs is 1. The summed E-state index contributed by atoms with van der Waals surface area (Å²) >= 11 is 0. The molecule has 0 aromatic carbocycles. The third-order valence-corrected chi connectivity index (χ3v) is 2.72. The van der Waals surface area contributed by atoms with Crippen molar-refractivity contribution in [2.75, 3.05) is 5.32 Å². The van der Waals surface area contributed by atoms with Gasteiger partial charge in [-0.15, -0.1) is 0 Å². The fraction of sp³-hybridized carbons (Fsp3) is 0.182. The average molecular weight is 214 g/mol. The van der Waals surface area contributed by atoms with E-state index in [1.807, 2.05) is 25.4 Å². The van der Waals surface area contributed by atoms with Gasteiger partial charge in [-0.25, -0.2) is 0 Å². The Morgan fingerprint density at radius 1 is 1.44 bits per heavy atom. The van der Waals surface area contributed by atoms with Gasteiger partial charge in [-0.3, -0.25) is 14.5 Å². The Kier molecular flexibility index (Phi) is 1.80. The van der Waals surface area contributed by atoms with Crippen LogP contribution >= 0.6 is 0 Å². The topological polar surface area (TPSA) is 59.8 Å². The zero-order valence-corrected chi connectivity index (χ0v) is 8.71. The van der Waals surface area contributed by atoms with E-state index >= 15 is 0 Å². The summed E-state index contributed by atoms with van der Waals surface area (Å²) in [6.07, 6.45) is 5.19. The lowest BCUT2D eigenvalue weighted by molar-refractivity contribution is -0.116. The smallest absolute Gasteiger partial charge is 0.238 e. The van der Waals surface area contributed by atoms with Gasteiger partial charge in [0.1, 0.15) is 5.92 Å². The van der Waals surface area contributed by atoms with E-state index in [-0.39, 0.29) is 11.8 Å². The molecule has 1 aliphatic heterocycles. The van der Waals surface area contributed by atoms with E-state index in [0.29, 0.717) is 0 Å². The maximum absolute atomic E-state index is 11.9. The number of amides is 1. The lowest BCUT2D eigenvalue weighted by Crippen LogP contribution is -2.13. The molecular formula is C11H10N4O. The SMILES string of the molecule is Cn1ccc(C2C(=O)Nc3cnccc32)n1. The standard InChI is InChI=1S/C11H10N4O/c1-15-5-3-8(14-15)10-7-2-4-12-6-9(7)13-11(10)16/h2-6,10H,1H3,(H,13,16). The molecule has 1 atom stereocenters. The Bertz CT molecular complexity index is 561. The van der Waals surface area contributed by atoms with Crippen LogP contribution in [0.4, 0.5) is 5.69 Å². The van der Waals surface area contributed by atoms with Gasteiger partial charge >= 0.3 is 0 Å². The van der Waals surface area contributed by atoms with Crippen LogP contribution in [0, 0.1) is 0 Å². The molecule has 1 amide bonds. The molecule has 2 aromatic rings. The van der Waals surface area contributed by atoms with Crippen molar-refractivity contribution in [1.82, 2.24) is 14.8 Å². The van der Waals surface area contributed by atoms with Gasteiger partial charge in [0.25, 0.3) is 0 Å². The van der Waals surface area contributed by atoms with Crippen LogP contribution in [-0.2, 0) is 11.8 Å². The predicted octanol–water partition coefficient (Wildman–Crippen LogP) is 0.899. The van der Waals surface area contributed by atoms with E-state index in [1.165, 1.54) is 0 Å². The first-order valence-corrected chi connectivity index (χ1v) is 5.00. The molecule has 1 unspecified atom stereocenters. The maximum Gasteiger partial charge on any atom is 0.238 e. The molecule has 3 heterocycles. The molecule has 5 heteroatoms. The van der Waals surface area contributed by atoms with Crippen molar-refractivity contribution < 1.29 is 4.79 Å². The van der Waals surface area contributed by atoms with E-state index < -0.39 is 0 Å². The molecule has 0 aliphatic carbocycles. The molecule has 16 heavy (non-hydrogen) atoms. The van der Waals surface area contributed by atoms with Gasteiger partial charge in [-0.2, -0.15) is 5.10 Å². The van der Waals surface area contributed by atoms with Crippen LogP contribution in [0.5, 0.6) is 0 Å². The zero-order valence-electron chi connectivity index (χ0n) is 8.71. The summed E-state index contributed by atoms with van der Waals surface area (Å²) in [6, 6.07) is 3.71. The lowest BCUT2D eigenvalue weighted by atomic mass is 9.99. The molecule has 0 saturated carbocycles. The fourth-order valence-electron chi connectivity index (χ4n) is 1.99. The number of carbonyl (C=O) groups is 1. The molecule has 2 aromatic heterocycles. The normalized spacial score (nSPS) is 18.3. The van der Waals surface area contributed by atoms with Crippen molar-refractivity contribution in [2.24, 2.45) is 7.05 Å². The van der Waals surface area contributed by atoms with Crippen LogP contribution in [0.3, 0.4) is 0 Å². The summed E-state index contributed by atoms with van der Waals surface area (Å²) in [5.41, 5.74) is 2.49. The van der Waals surface area contributed by atoms with Crippen LogP contribution < -0.4 is 5.32 Å². The van der Waals surface area contributed by atoms with Gasteiger partial charge in [0.2, 0.25) is 5.91 Å². The first kappa shape index (κ1) is 9.08. The summed E-state index contributed by atoms with van der Waals surface area (Å²) in [4.78, 5) is 15.8. The van der Waals surface area contributed by atoms with Crippen molar-refractivity contribution in [3.05, 3.63) is 42.0 Å². The summed E-state index contributed by atoms with van der Waals surface area (Å²) in [5.74, 6) is -0.346. The molecule has 1 N–H and O–H groups in total. The van der Waals surface area contributed by atoms with Gasteiger partial charge in [-0.1, -0.05) is 0 Å². The van der Waals surface area contributed by atoms with Crippen LogP contribution in [0.25, 0.3) is 0 Å². The highest BCUT2D eigenvalue weighted by Gasteiger charge is 2.33. The number of rotatable bonds is 1. The molecule has 0 radical (unpaired) electrons. The largest absolute Gasteiger partial charge is 0.324 e. The summed E-state index contributed by atoms with van der Waals surface area (Å²) < 4.78 is 1.70. The van der Waals surface area contributed by atoms with Crippen LogP contribution in [0.1, 0.15) is 17.2 Å². The first-order valence-electron chi connectivity index (χ1n) is 5.00. The van der Waals surface area contributed by atoms with Crippen molar-refractivity contribution in [1.29, 1.82) is 0 Å². The maximum atomic E-state index is 11.9. The van der Waals surface area contributed by atoms with Gasteiger partial charge in [-0.05, 0) is 17.7 Å². The van der Waals surface area contributed by atoms with E-state index in [9.17, 15) is 4.79 Å². The minimum Gasteiger partial charge on any atom is -0.324 e. The van der Waals surface area contributed by atoms with E-state index in [0.717, 1.165) is 16.9 Å². The van der Waals surface area contributed by atoms with Gasteiger partial charge in [0.15, 0.2) is 0 Å². The molecule has 1 aliphatic rings. The number of nitrogens with zero attached hydrogens (tertiary/aromatic N) is 3. The third-order valence-electron chi connectivity index (χ3n) is 2.72. The zero-order chi connectivity index (χ0) is 11.1. The number of pyridine rings is 1. The second kappa shape index (κ2) is 3.16. The number of carbonyl (C=O) groups excluding carboxylic acids is 1. The molecule has 0 spiro atoms. The number of nitrogens with one attached hydrogen (secondary N) is 1. The minimum absolute atomic E-state index is 0.0401. The van der Waals surface area contributed by atoms with E-state index in [1.54, 1.807) is 17.1 Å². The Labute approximate surface area is 92.1 Å². The minimum atomic E-state index is -0.306. The monoisotopic (exact) mass is 214 g/mol. The number of anilines is 1. The van der Waals surface area contributed by atoms with Gasteiger partial charge < -0.3 is 5.32 Å². The molecule has 0 fully saturated rings. The number of aromatic nitrogens is 3. The van der Waals surface area contributed by atoms with Crippen molar-refractivity contribution in [3.63, 3.8) is 0 Å². The Balaban J connectivity index is 2.12. The van der Waals surface area contributed by atoms with Crippen LogP contribution in [0.15, 0.2) is 30.7 Å². The number of hydrogen-bond acceptors (Lipinski definition) is 3. The molecule has 80 valence electrons. The van der Waals surface area contributed by atoms with E-state index in [2.05, 4.69) is 15.4 Å². The lowest BCUT2D eigenvalue weighted by Gasteiger charge is -2.03. The van der Waals surface area contributed by atoms with Crippen molar-refractivity contribution in [3.8, 4) is 0 Å². The summed E-state index contributed by atoms with van der Waals surface area (Å²) in [7, 11) is 1.84. The number of aryl methyl sites for hydroxylation is 1. The second-order valence-corrected chi connectivity index (χ2v) is 3.80. The molecule has 3 rings (SSSR count). The third kappa shape index (κ3) is 1.21. The van der Waals surface area contributed by atoms with E-state index in [4.69, 9.17) is 0 Å². The quantitative estimate of drug-likeness (QED) is 0.767. The Morgan fingerprint density at radius 3 is 3.06 bits per heavy atom. The highest BCUT2D eigenvalue weighted by molar-refractivity contribution is 6.04. The summed E-state index contributed by atoms with van der Waals surface area (Å²) in [6.45, 7) is 0. The molecule has 0 saturated heterocycles. The second-order valence-electron chi connectivity index (χ2n) is 3.80. The Morgan fingerprint density at radius 2 is 2.31 bits per heavy atom.